The molecule has 2 saturated heterocycles. The highest BCUT2D eigenvalue weighted by molar-refractivity contribution is 5.91. The van der Waals surface area contributed by atoms with Crippen molar-refractivity contribution < 1.29 is 19.5 Å². The summed E-state index contributed by atoms with van der Waals surface area (Å²) >= 11 is 0. The van der Waals surface area contributed by atoms with Gasteiger partial charge >= 0.3 is 5.97 Å². The van der Waals surface area contributed by atoms with E-state index in [4.69, 9.17) is 0 Å². The van der Waals surface area contributed by atoms with Gasteiger partial charge in [0.25, 0.3) is 0 Å². The smallest absolute Gasteiger partial charge is 0.326 e. The van der Waals surface area contributed by atoms with E-state index in [0.717, 1.165) is 5.56 Å². The topological polar surface area (TPSA) is 77.9 Å². The highest BCUT2D eigenvalue weighted by Gasteiger charge is 2.42. The molecule has 1 N–H and O–H groups in total. The van der Waals surface area contributed by atoms with Crippen molar-refractivity contribution in [3.05, 3.63) is 35.9 Å². The van der Waals surface area contributed by atoms with E-state index in [2.05, 4.69) is 0 Å². The maximum atomic E-state index is 12.7. The molecule has 24 heavy (non-hydrogen) atoms. The monoisotopic (exact) mass is 330 g/mol. The molecule has 0 radical (unpaired) electrons. The Bertz CT molecular complexity index is 646. The minimum Gasteiger partial charge on any atom is -0.480 e. The highest BCUT2D eigenvalue weighted by Crippen LogP contribution is 2.31. The van der Waals surface area contributed by atoms with Gasteiger partial charge in [-0.1, -0.05) is 30.3 Å². The van der Waals surface area contributed by atoms with Crippen molar-refractivity contribution in [2.75, 3.05) is 13.1 Å². The van der Waals surface area contributed by atoms with Gasteiger partial charge in [0, 0.05) is 19.5 Å². The number of benzene rings is 1. The third kappa shape index (κ3) is 3.00. The van der Waals surface area contributed by atoms with Gasteiger partial charge in [0.1, 0.15) is 6.04 Å². The molecule has 6 nitrogen and oxygen atoms in total. The van der Waals surface area contributed by atoms with Crippen LogP contribution >= 0.6 is 0 Å². The van der Waals surface area contributed by atoms with Crippen molar-refractivity contribution in [2.45, 2.75) is 38.3 Å². The number of carbonyl (C=O) groups excluding carboxylic acids is 2. The highest BCUT2D eigenvalue weighted by atomic mass is 16.4. The van der Waals surface area contributed by atoms with Gasteiger partial charge in [-0.2, -0.15) is 0 Å². The number of nitrogens with zero attached hydrogens (tertiary/aromatic N) is 2. The van der Waals surface area contributed by atoms with Crippen molar-refractivity contribution in [1.29, 1.82) is 0 Å². The molecule has 2 fully saturated rings. The van der Waals surface area contributed by atoms with Crippen LogP contribution in [0.3, 0.4) is 0 Å². The molecular weight excluding hydrogens is 308 g/mol. The van der Waals surface area contributed by atoms with E-state index in [1.54, 1.807) is 4.90 Å². The first-order valence-corrected chi connectivity index (χ1v) is 8.36. The van der Waals surface area contributed by atoms with E-state index in [-0.39, 0.29) is 24.3 Å². The summed E-state index contributed by atoms with van der Waals surface area (Å²) in [7, 11) is 0. The molecule has 128 valence electrons. The molecule has 2 heterocycles. The molecule has 2 amide bonds. The van der Waals surface area contributed by atoms with Crippen molar-refractivity contribution in [3.8, 4) is 0 Å². The predicted octanol–water partition coefficient (Wildman–Crippen LogP) is 1.67. The SMILES string of the molecule is CC(c1ccccc1)N1CC(C(=O)N2CCC[C@H]2C(=O)O)CC1=O. The molecule has 2 unspecified atom stereocenters. The van der Waals surface area contributed by atoms with Gasteiger partial charge in [-0.05, 0) is 25.3 Å². The number of rotatable bonds is 4. The van der Waals surface area contributed by atoms with E-state index in [9.17, 15) is 19.5 Å². The second-order valence-electron chi connectivity index (χ2n) is 6.56. The first-order valence-electron chi connectivity index (χ1n) is 8.36. The van der Waals surface area contributed by atoms with Crippen LogP contribution in [-0.2, 0) is 14.4 Å². The molecule has 6 heteroatoms. The lowest BCUT2D eigenvalue weighted by Crippen LogP contribution is -2.44. The number of amides is 2. The number of hydrogen-bond donors (Lipinski definition) is 1. The fraction of sp³-hybridized carbons (Fsp3) is 0.500. The second kappa shape index (κ2) is 6.63. The molecule has 3 rings (SSSR count). The van der Waals surface area contributed by atoms with E-state index in [0.29, 0.717) is 25.9 Å². The van der Waals surface area contributed by atoms with Crippen LogP contribution in [0.15, 0.2) is 30.3 Å². The summed E-state index contributed by atoms with van der Waals surface area (Å²) in [6.45, 7) is 2.78. The standard InChI is InChI=1S/C18H22N2O4/c1-12(13-6-3-2-4-7-13)20-11-14(10-16(20)21)17(22)19-9-5-8-15(19)18(23)24/h2-4,6-7,12,14-15H,5,8-11H2,1H3,(H,23,24)/t12?,14?,15-/m0/s1. The predicted molar refractivity (Wildman–Crippen MR) is 87.0 cm³/mol. The van der Waals surface area contributed by atoms with Crippen molar-refractivity contribution in [3.63, 3.8) is 0 Å². The number of carboxylic acid groups (broad SMARTS) is 1. The Balaban J connectivity index is 1.70. The quantitative estimate of drug-likeness (QED) is 0.911. The Hall–Kier alpha value is -2.37. The maximum absolute atomic E-state index is 12.7. The molecule has 0 spiro atoms. The van der Waals surface area contributed by atoms with Crippen LogP contribution < -0.4 is 0 Å². The third-order valence-electron chi connectivity index (χ3n) is 5.08. The van der Waals surface area contributed by atoms with Crippen molar-refractivity contribution in [2.24, 2.45) is 5.92 Å². The maximum Gasteiger partial charge on any atom is 0.326 e. The van der Waals surface area contributed by atoms with Crippen LogP contribution in [0.25, 0.3) is 0 Å². The first-order chi connectivity index (χ1) is 11.5. The van der Waals surface area contributed by atoms with Crippen molar-refractivity contribution >= 4 is 17.8 Å². The minimum absolute atomic E-state index is 0.0456. The molecule has 0 aromatic heterocycles. The molecule has 0 aliphatic carbocycles. The van der Waals surface area contributed by atoms with Gasteiger partial charge in [0.05, 0.1) is 12.0 Å². The summed E-state index contributed by atoms with van der Waals surface area (Å²) in [5, 5.41) is 9.24. The zero-order valence-electron chi connectivity index (χ0n) is 13.7. The van der Waals surface area contributed by atoms with Crippen LogP contribution in [0.5, 0.6) is 0 Å². The molecule has 0 saturated carbocycles. The summed E-state index contributed by atoms with van der Waals surface area (Å²) < 4.78 is 0. The summed E-state index contributed by atoms with van der Waals surface area (Å²) in [6, 6.07) is 8.88. The second-order valence-corrected chi connectivity index (χ2v) is 6.56. The lowest BCUT2D eigenvalue weighted by Gasteiger charge is -2.27. The molecule has 1 aromatic rings. The van der Waals surface area contributed by atoms with Crippen molar-refractivity contribution in [1.82, 2.24) is 9.80 Å². The largest absolute Gasteiger partial charge is 0.480 e. The lowest BCUT2D eigenvalue weighted by atomic mass is 10.1. The van der Waals surface area contributed by atoms with Gasteiger partial charge < -0.3 is 14.9 Å². The van der Waals surface area contributed by atoms with E-state index < -0.39 is 17.9 Å². The van der Waals surface area contributed by atoms with Crippen LogP contribution in [0.1, 0.15) is 37.8 Å². The summed E-state index contributed by atoms with van der Waals surface area (Å²) in [5.74, 6) is -1.64. The average molecular weight is 330 g/mol. The molecule has 0 bridgehead atoms. The van der Waals surface area contributed by atoms with Crippen LogP contribution in [-0.4, -0.2) is 51.8 Å². The van der Waals surface area contributed by atoms with E-state index in [1.807, 2.05) is 37.3 Å². The Morgan fingerprint density at radius 2 is 1.96 bits per heavy atom. The van der Waals surface area contributed by atoms with Gasteiger partial charge in [-0.25, -0.2) is 4.79 Å². The minimum atomic E-state index is -0.959. The summed E-state index contributed by atoms with van der Waals surface area (Å²) in [5.41, 5.74) is 1.03. The molecule has 2 aliphatic heterocycles. The Kier molecular flexibility index (Phi) is 4.55. The number of carboxylic acids is 1. The number of carbonyl (C=O) groups is 3. The van der Waals surface area contributed by atoms with E-state index in [1.165, 1.54) is 4.90 Å². The van der Waals surface area contributed by atoms with Crippen LogP contribution in [0.2, 0.25) is 0 Å². The fourth-order valence-corrected chi connectivity index (χ4v) is 3.70. The Morgan fingerprint density at radius 3 is 2.62 bits per heavy atom. The molecule has 3 atom stereocenters. The van der Waals surface area contributed by atoms with Gasteiger partial charge in [0.2, 0.25) is 11.8 Å². The average Bonchev–Trinajstić information content (AvgIpc) is 3.21. The normalized spacial score (nSPS) is 25.1. The van der Waals surface area contributed by atoms with Crippen LogP contribution in [0, 0.1) is 5.92 Å². The zero-order chi connectivity index (χ0) is 17.3. The van der Waals surface area contributed by atoms with Gasteiger partial charge in [-0.15, -0.1) is 0 Å². The fourth-order valence-electron chi connectivity index (χ4n) is 3.70. The summed E-state index contributed by atoms with van der Waals surface area (Å²) in [4.78, 5) is 39.5. The number of likely N-dealkylation sites (tertiary alicyclic amines) is 2. The molecular formula is C18H22N2O4. The number of aliphatic carboxylic acids is 1. The Morgan fingerprint density at radius 1 is 1.25 bits per heavy atom. The third-order valence-corrected chi connectivity index (χ3v) is 5.08. The first kappa shape index (κ1) is 16.5. The Labute approximate surface area is 141 Å². The van der Waals surface area contributed by atoms with Gasteiger partial charge in [-0.3, -0.25) is 9.59 Å². The van der Waals surface area contributed by atoms with Crippen LogP contribution in [0.4, 0.5) is 0 Å². The molecule has 1 aromatic carbocycles. The van der Waals surface area contributed by atoms with E-state index >= 15 is 0 Å². The lowest BCUT2D eigenvalue weighted by molar-refractivity contribution is -0.149. The number of hydrogen-bond acceptors (Lipinski definition) is 3. The molecule has 2 aliphatic rings. The zero-order valence-corrected chi connectivity index (χ0v) is 13.7. The van der Waals surface area contributed by atoms with Gasteiger partial charge in [0.15, 0.2) is 0 Å². The summed E-state index contributed by atoms with van der Waals surface area (Å²) in [6.07, 6.45) is 1.36.